The minimum absolute atomic E-state index is 0. The second-order valence-corrected chi connectivity index (χ2v) is 6.81. The smallest absolute Gasteiger partial charge is 0.545 e. The number of hydrogen-bond acceptors (Lipinski definition) is 6. The normalized spacial score (nSPS) is 9.39. The molecule has 0 spiro atoms. The van der Waals surface area contributed by atoms with E-state index >= 15 is 0 Å². The van der Waals surface area contributed by atoms with Gasteiger partial charge in [-0.25, -0.2) is 8.78 Å². The van der Waals surface area contributed by atoms with Crippen LogP contribution in [-0.2, 0) is 22.5 Å². The van der Waals surface area contributed by atoms with Crippen LogP contribution in [0.25, 0.3) is 21.8 Å². The van der Waals surface area contributed by atoms with Crippen LogP contribution in [0.5, 0.6) is 0 Å². The fraction of sp³-hybridized carbons (Fsp3) is 0. The fourth-order valence-electron chi connectivity index (χ4n) is 2.91. The monoisotopic (exact) mass is 540 g/mol. The molecule has 0 amide bonds. The van der Waals surface area contributed by atoms with Crippen molar-refractivity contribution in [3.63, 3.8) is 0 Å². The van der Waals surface area contributed by atoms with Crippen molar-refractivity contribution in [3.05, 3.63) is 120 Å². The van der Waals surface area contributed by atoms with Gasteiger partial charge in [-0.05, 0) is 36.4 Å². The van der Waals surface area contributed by atoms with Gasteiger partial charge in [-0.15, -0.1) is 0 Å². The molecule has 10 heteroatoms. The van der Waals surface area contributed by atoms with Crippen molar-refractivity contribution in [2.45, 2.75) is 0 Å². The summed E-state index contributed by atoms with van der Waals surface area (Å²) in [6.45, 7) is 0. The van der Waals surface area contributed by atoms with Gasteiger partial charge < -0.3 is 25.3 Å². The molecule has 0 fully saturated rings. The SMILES string of the molecule is O=C([O-])c1cccc(F)c1.O=C([O-])c1cccc(F)c1.[Cu+2].[OH3+].c1cnc2c(c1)ccc1cccnc12. The van der Waals surface area contributed by atoms with Crippen molar-refractivity contribution in [1.29, 1.82) is 0 Å². The third-order valence-corrected chi connectivity index (χ3v) is 4.47. The third-order valence-electron chi connectivity index (χ3n) is 4.47. The molecule has 0 atom stereocenters. The fourth-order valence-corrected chi connectivity index (χ4v) is 2.91. The van der Waals surface area contributed by atoms with Gasteiger partial charge in [-0.3, -0.25) is 9.97 Å². The Morgan fingerprint density at radius 1 is 0.611 bits per heavy atom. The molecule has 187 valence electrons. The van der Waals surface area contributed by atoms with E-state index in [4.69, 9.17) is 0 Å². The summed E-state index contributed by atoms with van der Waals surface area (Å²) < 4.78 is 24.5. The van der Waals surface area contributed by atoms with E-state index in [-0.39, 0.29) is 33.7 Å². The van der Waals surface area contributed by atoms with Crippen molar-refractivity contribution in [3.8, 4) is 0 Å². The molecule has 7 nitrogen and oxygen atoms in total. The van der Waals surface area contributed by atoms with Gasteiger partial charge in [0, 0.05) is 34.3 Å². The van der Waals surface area contributed by atoms with Crippen molar-refractivity contribution >= 4 is 33.7 Å². The maximum Gasteiger partial charge on any atom is 2.00 e. The topological polar surface area (TPSA) is 139 Å². The Bertz CT molecular complexity index is 1360. The number of rotatable bonds is 2. The van der Waals surface area contributed by atoms with Crippen molar-refractivity contribution in [2.75, 3.05) is 0 Å². The summed E-state index contributed by atoms with van der Waals surface area (Å²) in [5.41, 5.74) is 1.68. The Kier molecular flexibility index (Phi) is 11.8. The van der Waals surface area contributed by atoms with Crippen molar-refractivity contribution in [1.82, 2.24) is 9.97 Å². The van der Waals surface area contributed by atoms with E-state index in [0.717, 1.165) is 33.9 Å². The van der Waals surface area contributed by atoms with Crippen LogP contribution in [-0.4, -0.2) is 21.9 Å². The molecule has 0 saturated carbocycles. The number of carboxylic acids is 2. The second-order valence-electron chi connectivity index (χ2n) is 6.81. The standard InChI is InChI=1S/C12H8N2.2C7H5FO2.Cu.H2O/c1-3-9-5-6-10-4-2-8-14-12(10)11(9)13-7-1;2*8-6-3-1-2-5(4-6)7(9)10;;/h1-8H;2*1-4H,(H,9,10);;1H2/q;;;+2;/p-1. The van der Waals surface area contributed by atoms with Gasteiger partial charge in [0.05, 0.1) is 23.0 Å². The van der Waals surface area contributed by atoms with E-state index in [9.17, 15) is 28.6 Å². The van der Waals surface area contributed by atoms with Crippen LogP contribution in [0.2, 0.25) is 0 Å². The average Bonchev–Trinajstić information content (AvgIpc) is 2.85. The molecule has 2 aromatic heterocycles. The predicted molar refractivity (Wildman–Crippen MR) is 123 cm³/mol. The molecule has 0 aliphatic heterocycles. The summed E-state index contributed by atoms with van der Waals surface area (Å²) in [4.78, 5) is 28.8. The van der Waals surface area contributed by atoms with E-state index in [1.54, 1.807) is 12.4 Å². The number of aromatic carboxylic acids is 2. The zero-order valence-corrected chi connectivity index (χ0v) is 19.3. The number of fused-ring (bicyclic) bond motifs is 3. The quantitative estimate of drug-likeness (QED) is 0.191. The van der Waals surface area contributed by atoms with Crippen LogP contribution in [0.15, 0.2) is 97.3 Å². The number of pyridine rings is 2. The maximum atomic E-state index is 12.2. The number of halogens is 2. The summed E-state index contributed by atoms with van der Waals surface area (Å²) in [5.74, 6) is -3.86. The first kappa shape index (κ1) is 29.8. The first-order valence-corrected chi connectivity index (χ1v) is 9.87. The van der Waals surface area contributed by atoms with Gasteiger partial charge in [-0.1, -0.05) is 48.5 Å². The van der Waals surface area contributed by atoms with E-state index in [1.807, 2.05) is 12.1 Å². The minimum Gasteiger partial charge on any atom is -0.545 e. The summed E-state index contributed by atoms with van der Waals surface area (Å²) in [6.07, 6.45) is 3.60. The number of benzene rings is 3. The largest absolute Gasteiger partial charge is 2.00 e. The third kappa shape index (κ3) is 8.21. The number of carbonyl (C=O) groups excluding carboxylic acids is 2. The van der Waals surface area contributed by atoms with Crippen LogP contribution in [0.1, 0.15) is 20.7 Å². The number of carbonyl (C=O) groups is 2. The Morgan fingerprint density at radius 3 is 1.31 bits per heavy atom. The van der Waals surface area contributed by atoms with Crippen LogP contribution >= 0.6 is 0 Å². The molecule has 3 N–H and O–H groups in total. The van der Waals surface area contributed by atoms with Gasteiger partial charge in [-0.2, -0.15) is 0 Å². The number of nitrogens with zero attached hydrogens (tertiary/aromatic N) is 2. The Morgan fingerprint density at radius 2 is 1.00 bits per heavy atom. The first-order valence-electron chi connectivity index (χ1n) is 9.87. The van der Waals surface area contributed by atoms with Crippen LogP contribution < -0.4 is 10.2 Å². The van der Waals surface area contributed by atoms with E-state index in [2.05, 4.69) is 34.2 Å². The van der Waals surface area contributed by atoms with Crippen molar-refractivity contribution < 1.29 is 51.1 Å². The summed E-state index contributed by atoms with van der Waals surface area (Å²) in [5, 5.41) is 22.4. The molecule has 1 radical (unpaired) electrons. The molecular weight excluding hydrogens is 522 g/mol. The number of aromatic nitrogens is 2. The molecule has 0 bridgehead atoms. The molecule has 0 saturated heterocycles. The average molecular weight is 541 g/mol. The molecule has 0 aliphatic carbocycles. The second kappa shape index (κ2) is 14.2. The first-order chi connectivity index (χ1) is 16.3. The Balaban J connectivity index is 0.000000269. The summed E-state index contributed by atoms with van der Waals surface area (Å²) in [7, 11) is 0. The molecule has 0 aliphatic rings. The molecule has 2 heterocycles. The Labute approximate surface area is 214 Å². The van der Waals surface area contributed by atoms with E-state index in [1.165, 1.54) is 36.4 Å². The zero-order valence-electron chi connectivity index (χ0n) is 18.4. The van der Waals surface area contributed by atoms with Gasteiger partial charge in [0.25, 0.3) is 0 Å². The summed E-state index contributed by atoms with van der Waals surface area (Å²) in [6, 6.07) is 21.5. The molecule has 3 aromatic carbocycles. The zero-order chi connectivity index (χ0) is 24.5. The van der Waals surface area contributed by atoms with Gasteiger partial charge in [0.15, 0.2) is 0 Å². The molecule has 0 unspecified atom stereocenters. The predicted octanol–water partition coefficient (Wildman–Crippen LogP) is 2.24. The van der Waals surface area contributed by atoms with Crippen LogP contribution in [0, 0.1) is 11.6 Å². The minimum atomic E-state index is -1.36. The van der Waals surface area contributed by atoms with Gasteiger partial charge in [0.1, 0.15) is 11.6 Å². The van der Waals surface area contributed by atoms with Crippen molar-refractivity contribution in [2.24, 2.45) is 0 Å². The summed E-state index contributed by atoms with van der Waals surface area (Å²) >= 11 is 0. The number of hydrogen-bond donors (Lipinski definition) is 0. The maximum absolute atomic E-state index is 12.2. The van der Waals surface area contributed by atoms with Gasteiger partial charge in [0.2, 0.25) is 0 Å². The molecule has 5 aromatic rings. The molecule has 5 rings (SSSR count). The van der Waals surface area contributed by atoms with E-state index < -0.39 is 23.6 Å². The van der Waals surface area contributed by atoms with Crippen LogP contribution in [0.4, 0.5) is 8.78 Å². The van der Waals surface area contributed by atoms with Crippen LogP contribution in [0.3, 0.4) is 0 Å². The molecular formula is C26H19CuF2N2O5+. The molecule has 36 heavy (non-hydrogen) atoms. The van der Waals surface area contributed by atoms with Gasteiger partial charge >= 0.3 is 17.1 Å². The van der Waals surface area contributed by atoms with E-state index in [0.29, 0.717) is 0 Å². The Hall–Kier alpha value is -4.24. The number of carboxylic acid groups (broad SMARTS) is 2.